The molecule has 1 aliphatic carbocycles. The highest BCUT2D eigenvalue weighted by Crippen LogP contribution is 2.40. The van der Waals surface area contributed by atoms with Crippen LogP contribution in [0.3, 0.4) is 0 Å². The lowest BCUT2D eigenvalue weighted by Gasteiger charge is -2.37. The number of methoxy groups -OCH3 is 1. The summed E-state index contributed by atoms with van der Waals surface area (Å²) in [6.07, 6.45) is 4.43. The molecule has 3 aliphatic rings. The van der Waals surface area contributed by atoms with E-state index in [0.29, 0.717) is 36.5 Å². The summed E-state index contributed by atoms with van der Waals surface area (Å²) < 4.78 is 29.9. The number of pyridine rings is 1. The Labute approximate surface area is 215 Å². The number of alkyl halides is 1. The number of fused-ring (bicyclic) bond motifs is 4. The number of rotatable bonds is 6. The predicted octanol–water partition coefficient (Wildman–Crippen LogP) is 4.42. The van der Waals surface area contributed by atoms with Gasteiger partial charge in [0.15, 0.2) is 5.75 Å². The molecule has 1 aromatic heterocycles. The number of hydrogen-bond donors (Lipinski definition) is 2. The highest BCUT2D eigenvalue weighted by molar-refractivity contribution is 5.97. The monoisotopic (exact) mass is 506 g/mol. The Morgan fingerprint density at radius 3 is 2.86 bits per heavy atom. The molecule has 0 spiro atoms. The first-order chi connectivity index (χ1) is 18.1. The molecule has 1 fully saturated rings. The van der Waals surface area contributed by atoms with E-state index in [1.54, 1.807) is 13.2 Å². The van der Waals surface area contributed by atoms with E-state index >= 15 is 0 Å². The van der Waals surface area contributed by atoms with Crippen molar-refractivity contribution in [3.63, 3.8) is 0 Å². The third-order valence-corrected chi connectivity index (χ3v) is 7.61. The lowest BCUT2D eigenvalue weighted by Crippen LogP contribution is -2.40. The zero-order valence-corrected chi connectivity index (χ0v) is 20.8. The first-order valence-corrected chi connectivity index (χ1v) is 12.9. The van der Waals surface area contributed by atoms with E-state index in [4.69, 9.17) is 14.2 Å². The summed E-state index contributed by atoms with van der Waals surface area (Å²) in [5.41, 5.74) is 3.62. The molecule has 1 amide bonds. The minimum atomic E-state index is -1.95. The topological polar surface area (TPSA) is 85.0 Å². The molecule has 1 atom stereocenters. The molecule has 37 heavy (non-hydrogen) atoms. The smallest absolute Gasteiger partial charge is 0.317 e. The van der Waals surface area contributed by atoms with E-state index in [0.717, 1.165) is 72.4 Å². The summed E-state index contributed by atoms with van der Waals surface area (Å²) in [5, 5.41) is 7.29. The highest BCUT2D eigenvalue weighted by atomic mass is 19.1. The summed E-state index contributed by atoms with van der Waals surface area (Å²) in [6, 6.07) is 11.9. The Balaban J connectivity index is 1.06. The first-order valence-electron chi connectivity index (χ1n) is 12.9. The van der Waals surface area contributed by atoms with Gasteiger partial charge in [0.25, 0.3) is 5.91 Å². The van der Waals surface area contributed by atoms with Crippen LogP contribution in [0.2, 0.25) is 0 Å². The fourth-order valence-corrected chi connectivity index (χ4v) is 5.62. The Hall–Kier alpha value is -3.59. The fourth-order valence-electron chi connectivity index (χ4n) is 5.62. The van der Waals surface area contributed by atoms with Gasteiger partial charge < -0.3 is 29.7 Å². The van der Waals surface area contributed by atoms with Gasteiger partial charge in [-0.2, -0.15) is 4.39 Å². The molecule has 9 heteroatoms. The minimum Gasteiger partial charge on any atom is -0.497 e. The van der Waals surface area contributed by atoms with Crippen molar-refractivity contribution in [3.8, 4) is 17.2 Å². The molecule has 6 rings (SSSR count). The second kappa shape index (κ2) is 10.0. The van der Waals surface area contributed by atoms with Crippen LogP contribution in [0.15, 0.2) is 42.6 Å². The van der Waals surface area contributed by atoms with Gasteiger partial charge in [-0.25, -0.2) is 0 Å². The molecule has 1 unspecified atom stereocenters. The van der Waals surface area contributed by atoms with E-state index in [1.807, 2.05) is 30.5 Å². The summed E-state index contributed by atoms with van der Waals surface area (Å²) in [7, 11) is 1.68. The molecule has 0 bridgehead atoms. The maximum atomic E-state index is 13.4. The average molecular weight is 507 g/mol. The number of aromatic nitrogens is 1. The van der Waals surface area contributed by atoms with Crippen LogP contribution in [0.25, 0.3) is 10.9 Å². The number of carbonyl (C=O) groups is 1. The Bertz CT molecular complexity index is 1310. The number of hydrogen-bond acceptors (Lipinski definition) is 7. The number of anilines is 2. The van der Waals surface area contributed by atoms with Crippen LogP contribution in [0, 0.1) is 5.92 Å². The zero-order valence-electron chi connectivity index (χ0n) is 20.8. The molecule has 0 radical (unpaired) electrons. The zero-order chi connectivity index (χ0) is 25.4. The number of carbonyl (C=O) groups excluding carboxylic acids is 1. The quantitative estimate of drug-likeness (QED) is 0.512. The van der Waals surface area contributed by atoms with Crippen LogP contribution in [0.1, 0.15) is 31.2 Å². The maximum absolute atomic E-state index is 13.4. The van der Waals surface area contributed by atoms with Gasteiger partial charge in [0.2, 0.25) is 0 Å². The summed E-state index contributed by atoms with van der Waals surface area (Å²) >= 11 is 0. The van der Waals surface area contributed by atoms with Crippen LogP contribution in [0.5, 0.6) is 17.2 Å². The molecular formula is C28H31FN4O4. The van der Waals surface area contributed by atoms with Crippen molar-refractivity contribution in [1.29, 1.82) is 0 Å². The van der Waals surface area contributed by atoms with Gasteiger partial charge in [-0.3, -0.25) is 9.78 Å². The van der Waals surface area contributed by atoms with Crippen molar-refractivity contribution >= 4 is 28.2 Å². The van der Waals surface area contributed by atoms with Crippen LogP contribution >= 0.6 is 0 Å². The predicted molar refractivity (Wildman–Crippen MR) is 139 cm³/mol. The van der Waals surface area contributed by atoms with E-state index in [9.17, 15) is 9.18 Å². The van der Waals surface area contributed by atoms with Crippen molar-refractivity contribution < 1.29 is 23.4 Å². The van der Waals surface area contributed by atoms with Crippen LogP contribution in [0.4, 0.5) is 15.8 Å². The first kappa shape index (κ1) is 23.8. The number of halogens is 1. The molecule has 2 aliphatic heterocycles. The summed E-state index contributed by atoms with van der Waals surface area (Å²) in [4.78, 5) is 18.6. The van der Waals surface area contributed by atoms with Crippen LogP contribution in [-0.4, -0.2) is 50.1 Å². The van der Waals surface area contributed by atoms with Crippen molar-refractivity contribution in [2.24, 2.45) is 5.92 Å². The average Bonchev–Trinajstić information content (AvgIpc) is 2.93. The molecule has 1 saturated carbocycles. The second-order valence-corrected chi connectivity index (χ2v) is 10.0. The molecule has 0 saturated heterocycles. The van der Waals surface area contributed by atoms with Gasteiger partial charge >= 0.3 is 6.36 Å². The molecule has 3 aromatic rings. The third-order valence-electron chi connectivity index (χ3n) is 7.61. The van der Waals surface area contributed by atoms with Crippen molar-refractivity contribution in [1.82, 2.24) is 10.3 Å². The third kappa shape index (κ3) is 4.87. The second-order valence-electron chi connectivity index (χ2n) is 10.0. The molecule has 194 valence electrons. The van der Waals surface area contributed by atoms with Crippen LogP contribution < -0.4 is 29.7 Å². The van der Waals surface area contributed by atoms with E-state index in [2.05, 4.69) is 26.6 Å². The highest BCUT2D eigenvalue weighted by Gasteiger charge is 2.29. The van der Waals surface area contributed by atoms with Crippen LogP contribution in [-0.2, 0) is 11.3 Å². The van der Waals surface area contributed by atoms with Gasteiger partial charge in [-0.1, -0.05) is 6.07 Å². The van der Waals surface area contributed by atoms with Gasteiger partial charge in [0, 0.05) is 24.5 Å². The fraction of sp³-hybridized carbons (Fsp3) is 0.429. The minimum absolute atomic E-state index is 0.364. The van der Waals surface area contributed by atoms with Crippen molar-refractivity contribution in [3.05, 3.63) is 48.2 Å². The van der Waals surface area contributed by atoms with E-state index < -0.39 is 12.3 Å². The SMILES string of the molecule is COc1ccc2ncc3c(c2c1)N(CC1CCC(NCc2ccc4c(c2)NC(=O)C(F)O4)CC1)CCO3. The molecule has 8 nitrogen and oxygen atoms in total. The number of nitrogens with zero attached hydrogens (tertiary/aromatic N) is 2. The molecular weight excluding hydrogens is 475 g/mol. The summed E-state index contributed by atoms with van der Waals surface area (Å²) in [5.74, 6) is 1.88. The van der Waals surface area contributed by atoms with Gasteiger partial charge in [-0.05, 0) is 67.5 Å². The molecule has 2 aromatic carbocycles. The normalized spacial score (nSPS) is 22.9. The van der Waals surface area contributed by atoms with E-state index in [-0.39, 0.29) is 0 Å². The number of ether oxygens (including phenoxy) is 3. The van der Waals surface area contributed by atoms with Crippen molar-refractivity contribution in [2.75, 3.05) is 37.0 Å². The van der Waals surface area contributed by atoms with Gasteiger partial charge in [0.1, 0.15) is 18.1 Å². The number of nitrogens with one attached hydrogen (secondary N) is 2. The Morgan fingerprint density at radius 1 is 1.16 bits per heavy atom. The Kier molecular flexibility index (Phi) is 6.46. The number of amides is 1. The van der Waals surface area contributed by atoms with Gasteiger partial charge in [-0.15, -0.1) is 0 Å². The number of benzene rings is 2. The standard InChI is InChI=1S/C28H31FN4O4/c1-35-20-7-8-22-21(13-20)26-25(15-31-22)36-11-10-33(26)16-17-2-5-19(6-3-17)30-14-18-4-9-24-23(12-18)32-28(34)27(29)37-24/h4,7-9,12-13,15,17,19,27,30H,2-3,5-6,10-11,14,16H2,1H3,(H,32,34). The maximum Gasteiger partial charge on any atom is 0.317 e. The largest absolute Gasteiger partial charge is 0.497 e. The summed E-state index contributed by atoms with van der Waals surface area (Å²) in [6.45, 7) is 3.22. The Morgan fingerprint density at radius 2 is 2.03 bits per heavy atom. The van der Waals surface area contributed by atoms with Gasteiger partial charge in [0.05, 0.1) is 36.7 Å². The lowest BCUT2D eigenvalue weighted by molar-refractivity contribution is -0.130. The molecule has 2 N–H and O–H groups in total. The van der Waals surface area contributed by atoms with Crippen molar-refractivity contribution in [2.45, 2.75) is 44.6 Å². The lowest BCUT2D eigenvalue weighted by atomic mass is 9.85. The molecule has 3 heterocycles. The van der Waals surface area contributed by atoms with E-state index in [1.165, 1.54) is 0 Å².